The maximum atomic E-state index is 13.5. The van der Waals surface area contributed by atoms with Crippen LogP contribution < -0.4 is 15.4 Å². The van der Waals surface area contributed by atoms with E-state index in [4.69, 9.17) is 9.47 Å². The van der Waals surface area contributed by atoms with Crippen molar-refractivity contribution in [3.05, 3.63) is 95.8 Å². The third kappa shape index (κ3) is 8.82. The SMILES string of the molecule is CCOC(=O)c1ccc(NC(=O)CSc2nnc(CNC(=O)COc3ccccc3)n2-c2cccc(C(F)(F)F)c2)cc1. The number of rotatable bonds is 12. The summed E-state index contributed by atoms with van der Waals surface area (Å²) >= 11 is 0.944. The number of halogens is 3. The number of carbonyl (C=O) groups is 3. The maximum absolute atomic E-state index is 13.5. The van der Waals surface area contributed by atoms with Gasteiger partial charge in [0, 0.05) is 5.69 Å². The molecule has 43 heavy (non-hydrogen) atoms. The van der Waals surface area contributed by atoms with E-state index in [9.17, 15) is 27.6 Å². The lowest BCUT2D eigenvalue weighted by Crippen LogP contribution is -2.29. The summed E-state index contributed by atoms with van der Waals surface area (Å²) in [5.74, 6) is -0.916. The van der Waals surface area contributed by atoms with Gasteiger partial charge in [-0.05, 0) is 61.5 Å². The highest BCUT2D eigenvalue weighted by Gasteiger charge is 2.31. The lowest BCUT2D eigenvalue weighted by molar-refractivity contribution is -0.137. The molecule has 2 amide bonds. The van der Waals surface area contributed by atoms with Crippen molar-refractivity contribution < 1.29 is 37.0 Å². The molecule has 0 saturated carbocycles. The summed E-state index contributed by atoms with van der Waals surface area (Å²) in [6, 6.07) is 19.4. The quantitative estimate of drug-likeness (QED) is 0.171. The van der Waals surface area contributed by atoms with Gasteiger partial charge in [0.1, 0.15) is 5.75 Å². The van der Waals surface area contributed by atoms with Gasteiger partial charge in [-0.2, -0.15) is 13.2 Å². The number of hydrogen-bond donors (Lipinski definition) is 2. The number of hydrogen-bond acceptors (Lipinski definition) is 8. The molecule has 4 rings (SSSR count). The molecule has 0 fully saturated rings. The lowest BCUT2D eigenvalue weighted by Gasteiger charge is -2.14. The van der Waals surface area contributed by atoms with Crippen LogP contribution in [0.2, 0.25) is 0 Å². The largest absolute Gasteiger partial charge is 0.484 e. The Morgan fingerprint density at radius 2 is 1.67 bits per heavy atom. The normalized spacial score (nSPS) is 11.1. The zero-order chi connectivity index (χ0) is 30.8. The highest BCUT2D eigenvalue weighted by Crippen LogP contribution is 2.31. The van der Waals surface area contributed by atoms with Gasteiger partial charge in [-0.3, -0.25) is 14.2 Å². The maximum Gasteiger partial charge on any atom is 0.416 e. The number of nitrogens with one attached hydrogen (secondary N) is 2. The predicted octanol–water partition coefficient (Wildman–Crippen LogP) is 4.89. The molecular formula is C29H26F3N5O5S. The molecule has 10 nitrogen and oxygen atoms in total. The molecule has 14 heteroatoms. The first-order valence-corrected chi connectivity index (χ1v) is 13.9. The smallest absolute Gasteiger partial charge is 0.416 e. The number of aromatic nitrogens is 3. The van der Waals surface area contributed by atoms with Crippen LogP contribution in [0.1, 0.15) is 28.7 Å². The summed E-state index contributed by atoms with van der Waals surface area (Å²) in [4.78, 5) is 36.9. The fourth-order valence-electron chi connectivity index (χ4n) is 3.71. The van der Waals surface area contributed by atoms with Crippen molar-refractivity contribution in [1.29, 1.82) is 0 Å². The molecule has 3 aromatic carbocycles. The third-order valence-electron chi connectivity index (χ3n) is 5.70. The van der Waals surface area contributed by atoms with E-state index in [1.54, 1.807) is 49.4 Å². The molecular weight excluding hydrogens is 587 g/mol. The molecule has 4 aromatic rings. The topological polar surface area (TPSA) is 124 Å². The predicted molar refractivity (Wildman–Crippen MR) is 152 cm³/mol. The second kappa shape index (κ2) is 14.4. The number of thioether (sulfide) groups is 1. The van der Waals surface area contributed by atoms with Crippen molar-refractivity contribution in [3.63, 3.8) is 0 Å². The summed E-state index contributed by atoms with van der Waals surface area (Å²) < 4.78 is 52.1. The summed E-state index contributed by atoms with van der Waals surface area (Å²) in [5, 5.41) is 13.6. The Hall–Kier alpha value is -4.85. The van der Waals surface area contributed by atoms with Crippen molar-refractivity contribution in [3.8, 4) is 11.4 Å². The Morgan fingerprint density at radius 1 is 0.930 bits per heavy atom. The Morgan fingerprint density at radius 3 is 2.37 bits per heavy atom. The van der Waals surface area contributed by atoms with Crippen LogP contribution in [0.15, 0.2) is 84.0 Å². The molecule has 0 atom stereocenters. The second-order valence-corrected chi connectivity index (χ2v) is 9.74. The molecule has 0 unspecified atom stereocenters. The van der Waals surface area contributed by atoms with Gasteiger partial charge in [0.05, 0.1) is 35.7 Å². The first-order chi connectivity index (χ1) is 20.6. The van der Waals surface area contributed by atoms with Gasteiger partial charge >= 0.3 is 12.1 Å². The van der Waals surface area contributed by atoms with Crippen LogP contribution in [-0.4, -0.2) is 51.5 Å². The van der Waals surface area contributed by atoms with Gasteiger partial charge in [0.2, 0.25) is 5.91 Å². The Labute approximate surface area is 248 Å². The number of esters is 1. The minimum absolute atomic E-state index is 0.0991. The minimum Gasteiger partial charge on any atom is -0.484 e. The van der Waals surface area contributed by atoms with E-state index in [1.165, 1.54) is 28.8 Å². The number of ether oxygens (including phenoxy) is 2. The summed E-state index contributed by atoms with van der Waals surface area (Å²) in [7, 11) is 0. The molecule has 0 saturated heterocycles. The Balaban J connectivity index is 1.46. The highest BCUT2D eigenvalue weighted by molar-refractivity contribution is 7.99. The van der Waals surface area contributed by atoms with Crippen LogP contribution in [-0.2, 0) is 27.0 Å². The Bertz CT molecular complexity index is 1560. The van der Waals surface area contributed by atoms with Gasteiger partial charge < -0.3 is 20.1 Å². The molecule has 0 aliphatic rings. The van der Waals surface area contributed by atoms with Crippen molar-refractivity contribution >= 4 is 35.2 Å². The third-order valence-corrected chi connectivity index (χ3v) is 6.63. The average Bonchev–Trinajstić information content (AvgIpc) is 3.41. The molecule has 0 spiro atoms. The number of benzene rings is 3. The van der Waals surface area contributed by atoms with Gasteiger partial charge in [-0.15, -0.1) is 10.2 Å². The van der Waals surface area contributed by atoms with Crippen LogP contribution in [0.3, 0.4) is 0 Å². The van der Waals surface area contributed by atoms with Crippen LogP contribution in [0.5, 0.6) is 5.75 Å². The molecule has 224 valence electrons. The van der Waals surface area contributed by atoms with Gasteiger partial charge in [-0.1, -0.05) is 36.0 Å². The molecule has 0 bridgehead atoms. The number of carbonyl (C=O) groups excluding carboxylic acids is 3. The van der Waals surface area contributed by atoms with Crippen LogP contribution in [0.25, 0.3) is 5.69 Å². The van der Waals surface area contributed by atoms with E-state index in [-0.39, 0.29) is 42.2 Å². The monoisotopic (exact) mass is 613 g/mol. The number of alkyl halides is 3. The van der Waals surface area contributed by atoms with Crippen molar-refractivity contribution in [2.45, 2.75) is 24.8 Å². The van der Waals surface area contributed by atoms with Crippen molar-refractivity contribution in [2.75, 3.05) is 24.3 Å². The number of nitrogens with zero attached hydrogens (tertiary/aromatic N) is 3. The summed E-state index contributed by atoms with van der Waals surface area (Å²) in [6.45, 7) is 1.47. The van der Waals surface area contributed by atoms with Crippen LogP contribution >= 0.6 is 11.8 Å². The van der Waals surface area contributed by atoms with Crippen LogP contribution in [0, 0.1) is 0 Å². The van der Waals surface area contributed by atoms with E-state index >= 15 is 0 Å². The first-order valence-electron chi connectivity index (χ1n) is 12.9. The van der Waals surface area contributed by atoms with Gasteiger partial charge in [-0.25, -0.2) is 4.79 Å². The van der Waals surface area contributed by atoms with Crippen molar-refractivity contribution in [1.82, 2.24) is 20.1 Å². The number of para-hydroxylation sites is 1. The van der Waals surface area contributed by atoms with Gasteiger partial charge in [0.25, 0.3) is 5.91 Å². The Kier molecular flexibility index (Phi) is 10.4. The van der Waals surface area contributed by atoms with E-state index in [0.29, 0.717) is 17.0 Å². The van der Waals surface area contributed by atoms with Crippen LogP contribution in [0.4, 0.5) is 18.9 Å². The lowest BCUT2D eigenvalue weighted by atomic mass is 10.2. The molecule has 1 aromatic heterocycles. The number of anilines is 1. The first kappa shape index (κ1) is 31.1. The summed E-state index contributed by atoms with van der Waals surface area (Å²) in [5.41, 5.74) is -0.0271. The number of amides is 2. The molecule has 0 aliphatic carbocycles. The highest BCUT2D eigenvalue weighted by atomic mass is 32.2. The average molecular weight is 614 g/mol. The van der Waals surface area contributed by atoms with E-state index in [0.717, 1.165) is 23.9 Å². The zero-order valence-electron chi connectivity index (χ0n) is 22.8. The summed E-state index contributed by atoms with van der Waals surface area (Å²) in [6.07, 6.45) is -4.59. The van der Waals surface area contributed by atoms with Gasteiger partial charge in [0.15, 0.2) is 17.6 Å². The molecule has 2 N–H and O–H groups in total. The fraction of sp³-hybridized carbons (Fsp3) is 0.207. The van der Waals surface area contributed by atoms with E-state index in [1.807, 2.05) is 0 Å². The fourth-order valence-corrected chi connectivity index (χ4v) is 4.49. The zero-order valence-corrected chi connectivity index (χ0v) is 23.6. The van der Waals surface area contributed by atoms with E-state index < -0.39 is 29.5 Å². The second-order valence-electron chi connectivity index (χ2n) is 8.80. The standard InChI is InChI=1S/C29H26F3N5O5S/c1-2-41-27(40)19-11-13-21(14-12-19)34-26(39)18-43-28-36-35-24(16-33-25(38)17-42-23-9-4-3-5-10-23)37(28)22-8-6-7-20(15-22)29(30,31)32/h3-15H,2,16-18H2,1H3,(H,33,38)(H,34,39). The molecule has 0 aliphatic heterocycles. The molecule has 1 heterocycles. The van der Waals surface area contributed by atoms with Crippen molar-refractivity contribution in [2.24, 2.45) is 0 Å². The minimum atomic E-state index is -4.59. The molecule has 0 radical (unpaired) electrons. The van der Waals surface area contributed by atoms with E-state index in [2.05, 4.69) is 20.8 Å².